The second-order valence-electron chi connectivity index (χ2n) is 2.23. The van der Waals surface area contributed by atoms with E-state index in [2.05, 4.69) is 13.7 Å². The fourth-order valence-electron chi connectivity index (χ4n) is 0.906. The van der Waals surface area contributed by atoms with Gasteiger partial charge in [0, 0.05) is 18.0 Å². The van der Waals surface area contributed by atoms with Crippen LogP contribution in [0.5, 0.6) is 0 Å². The van der Waals surface area contributed by atoms with Crippen molar-refractivity contribution in [2.24, 2.45) is 0 Å². The lowest BCUT2D eigenvalue weighted by molar-refractivity contribution is 1.32. The number of nitrogen functional groups attached to an aromatic ring is 1. The normalized spacial score (nSPS) is 10.0. The third kappa shape index (κ3) is 1.14. The molecule has 12 heavy (non-hydrogen) atoms. The lowest BCUT2D eigenvalue weighted by Gasteiger charge is -1.93. The van der Waals surface area contributed by atoms with E-state index in [9.17, 15) is 0 Å². The number of aromatic nitrogens is 3. The van der Waals surface area contributed by atoms with Gasteiger partial charge in [-0.25, -0.2) is 0 Å². The maximum atomic E-state index is 5.59. The average molecular weight is 178 g/mol. The first kappa shape index (κ1) is 7.17. The van der Waals surface area contributed by atoms with Crippen LogP contribution in [0.25, 0.3) is 11.3 Å². The Morgan fingerprint density at radius 1 is 1.17 bits per heavy atom. The lowest BCUT2D eigenvalue weighted by Crippen LogP contribution is -1.88. The summed E-state index contributed by atoms with van der Waals surface area (Å²) in [7, 11) is 0. The maximum Gasteiger partial charge on any atom is 0.165 e. The van der Waals surface area contributed by atoms with E-state index in [-0.39, 0.29) is 0 Å². The summed E-state index contributed by atoms with van der Waals surface area (Å²) in [5, 5.41) is 0. The molecule has 0 fully saturated rings. The molecule has 0 aromatic carbocycles. The van der Waals surface area contributed by atoms with Gasteiger partial charge in [-0.15, -0.1) is 0 Å². The standard InChI is InChI=1S/C7H6N4S/c8-7-6(10-12-11-7)5-1-3-9-4-2-5/h1-4H,(H2,8,11). The Bertz CT molecular complexity index is 370. The topological polar surface area (TPSA) is 64.7 Å². The summed E-state index contributed by atoms with van der Waals surface area (Å²) in [6.07, 6.45) is 3.40. The minimum Gasteiger partial charge on any atom is -0.381 e. The van der Waals surface area contributed by atoms with Crippen LogP contribution in [0.15, 0.2) is 24.5 Å². The van der Waals surface area contributed by atoms with E-state index in [1.165, 1.54) is 0 Å². The molecule has 0 unspecified atom stereocenters. The molecule has 0 aliphatic rings. The molecule has 0 atom stereocenters. The molecule has 2 aromatic rings. The van der Waals surface area contributed by atoms with Gasteiger partial charge in [0.15, 0.2) is 5.82 Å². The van der Waals surface area contributed by atoms with Crippen LogP contribution in [-0.4, -0.2) is 13.7 Å². The van der Waals surface area contributed by atoms with Crippen molar-refractivity contribution in [2.75, 3.05) is 5.73 Å². The van der Waals surface area contributed by atoms with Crippen molar-refractivity contribution in [1.82, 2.24) is 13.7 Å². The van der Waals surface area contributed by atoms with Gasteiger partial charge in [-0.3, -0.25) is 4.98 Å². The van der Waals surface area contributed by atoms with Crippen molar-refractivity contribution in [3.8, 4) is 11.3 Å². The molecule has 0 radical (unpaired) electrons. The Kier molecular flexibility index (Phi) is 1.71. The van der Waals surface area contributed by atoms with Gasteiger partial charge in [0.05, 0.1) is 11.7 Å². The fourth-order valence-corrected chi connectivity index (χ4v) is 1.40. The van der Waals surface area contributed by atoms with Crippen molar-refractivity contribution >= 4 is 17.5 Å². The molecule has 2 aromatic heterocycles. The molecule has 2 rings (SSSR count). The molecule has 0 saturated heterocycles. The van der Waals surface area contributed by atoms with Crippen LogP contribution < -0.4 is 5.73 Å². The monoisotopic (exact) mass is 178 g/mol. The van der Waals surface area contributed by atoms with Gasteiger partial charge in [0.1, 0.15) is 5.69 Å². The second kappa shape index (κ2) is 2.86. The average Bonchev–Trinajstić information content (AvgIpc) is 2.53. The van der Waals surface area contributed by atoms with Crippen LogP contribution in [0.1, 0.15) is 0 Å². The number of pyridine rings is 1. The van der Waals surface area contributed by atoms with E-state index in [1.807, 2.05) is 12.1 Å². The Hall–Kier alpha value is -1.49. The summed E-state index contributed by atoms with van der Waals surface area (Å²) >= 11 is 1.12. The molecule has 60 valence electrons. The first-order chi connectivity index (χ1) is 5.88. The van der Waals surface area contributed by atoms with E-state index >= 15 is 0 Å². The Morgan fingerprint density at radius 2 is 1.92 bits per heavy atom. The van der Waals surface area contributed by atoms with E-state index in [0.29, 0.717) is 5.82 Å². The van der Waals surface area contributed by atoms with Crippen LogP contribution in [0.3, 0.4) is 0 Å². The molecule has 4 nitrogen and oxygen atoms in total. The zero-order chi connectivity index (χ0) is 8.39. The maximum absolute atomic E-state index is 5.59. The molecule has 0 aliphatic carbocycles. The van der Waals surface area contributed by atoms with E-state index in [0.717, 1.165) is 23.0 Å². The summed E-state index contributed by atoms with van der Waals surface area (Å²) in [5.41, 5.74) is 7.28. The van der Waals surface area contributed by atoms with Crippen LogP contribution in [0.4, 0.5) is 5.82 Å². The van der Waals surface area contributed by atoms with Gasteiger partial charge in [-0.05, 0) is 12.1 Å². The quantitative estimate of drug-likeness (QED) is 0.712. The highest BCUT2D eigenvalue weighted by Gasteiger charge is 2.05. The second-order valence-corrected chi connectivity index (χ2v) is 2.76. The number of nitrogens with zero attached hydrogens (tertiary/aromatic N) is 3. The van der Waals surface area contributed by atoms with Crippen LogP contribution in [0, 0.1) is 0 Å². The van der Waals surface area contributed by atoms with Gasteiger partial charge < -0.3 is 5.73 Å². The van der Waals surface area contributed by atoms with Crippen LogP contribution in [0.2, 0.25) is 0 Å². The van der Waals surface area contributed by atoms with Gasteiger partial charge >= 0.3 is 0 Å². The minimum atomic E-state index is 0.478. The number of nitrogens with two attached hydrogens (primary N) is 1. The number of hydrogen-bond donors (Lipinski definition) is 1. The molecule has 0 saturated carbocycles. The van der Waals surface area contributed by atoms with E-state index < -0.39 is 0 Å². The number of hydrogen-bond acceptors (Lipinski definition) is 5. The van der Waals surface area contributed by atoms with Gasteiger partial charge in [0.2, 0.25) is 0 Å². The molecule has 5 heteroatoms. The Balaban J connectivity index is 2.51. The van der Waals surface area contributed by atoms with Crippen LogP contribution in [-0.2, 0) is 0 Å². The third-order valence-corrected chi connectivity index (χ3v) is 2.01. The highest BCUT2D eigenvalue weighted by molar-refractivity contribution is 6.99. The minimum absolute atomic E-state index is 0.478. The smallest absolute Gasteiger partial charge is 0.165 e. The van der Waals surface area contributed by atoms with Gasteiger partial charge in [0.25, 0.3) is 0 Å². The summed E-state index contributed by atoms with van der Waals surface area (Å²) < 4.78 is 7.94. The number of rotatable bonds is 1. The largest absolute Gasteiger partial charge is 0.381 e. The Morgan fingerprint density at radius 3 is 2.50 bits per heavy atom. The van der Waals surface area contributed by atoms with Crippen LogP contribution >= 0.6 is 11.7 Å². The highest BCUT2D eigenvalue weighted by atomic mass is 32.1. The molecule has 0 spiro atoms. The van der Waals surface area contributed by atoms with Gasteiger partial charge in [-0.1, -0.05) is 0 Å². The molecule has 2 heterocycles. The zero-order valence-corrected chi connectivity index (χ0v) is 6.95. The zero-order valence-electron chi connectivity index (χ0n) is 6.14. The summed E-state index contributed by atoms with van der Waals surface area (Å²) in [6.45, 7) is 0. The first-order valence-electron chi connectivity index (χ1n) is 3.36. The van der Waals surface area contributed by atoms with E-state index in [4.69, 9.17) is 5.73 Å². The predicted octanol–water partition coefficient (Wildman–Crippen LogP) is 1.18. The SMILES string of the molecule is Nc1nsnc1-c1ccncc1. The summed E-state index contributed by atoms with van der Waals surface area (Å²) in [5.74, 6) is 0.478. The molecule has 2 N–H and O–H groups in total. The molecular formula is C7H6N4S. The third-order valence-electron chi connectivity index (χ3n) is 1.47. The number of anilines is 1. The van der Waals surface area contributed by atoms with Crippen molar-refractivity contribution in [3.63, 3.8) is 0 Å². The molecule has 0 aliphatic heterocycles. The Labute approximate surface area is 73.4 Å². The summed E-state index contributed by atoms with van der Waals surface area (Å²) in [4.78, 5) is 3.90. The molecule has 0 amide bonds. The summed E-state index contributed by atoms with van der Waals surface area (Å²) in [6, 6.07) is 3.71. The molecule has 0 bridgehead atoms. The van der Waals surface area contributed by atoms with Gasteiger partial charge in [-0.2, -0.15) is 8.75 Å². The van der Waals surface area contributed by atoms with Crippen molar-refractivity contribution in [3.05, 3.63) is 24.5 Å². The van der Waals surface area contributed by atoms with Crippen molar-refractivity contribution < 1.29 is 0 Å². The first-order valence-corrected chi connectivity index (χ1v) is 4.09. The fraction of sp³-hybridized carbons (Fsp3) is 0. The van der Waals surface area contributed by atoms with Crippen molar-refractivity contribution in [2.45, 2.75) is 0 Å². The highest BCUT2D eigenvalue weighted by Crippen LogP contribution is 2.21. The molecular weight excluding hydrogens is 172 g/mol. The van der Waals surface area contributed by atoms with E-state index in [1.54, 1.807) is 12.4 Å². The predicted molar refractivity (Wildman–Crippen MR) is 47.6 cm³/mol. The lowest BCUT2D eigenvalue weighted by atomic mass is 10.2. The van der Waals surface area contributed by atoms with Crippen molar-refractivity contribution in [1.29, 1.82) is 0 Å².